The molecule has 2 atom stereocenters. The van der Waals surface area contributed by atoms with E-state index in [9.17, 15) is 35.9 Å². The Balaban J connectivity index is 1.34. The molecule has 1 N–H and O–H groups in total. The lowest BCUT2D eigenvalue weighted by Gasteiger charge is -2.26. The number of hydrogen-bond acceptors (Lipinski definition) is 6. The first-order valence-corrected chi connectivity index (χ1v) is 12.1. The lowest BCUT2D eigenvalue weighted by Crippen LogP contribution is -2.48. The molecule has 0 aromatic carbocycles. The number of carbonyl (C=O) groups is 2. The van der Waals surface area contributed by atoms with E-state index in [-0.39, 0.29) is 36.9 Å². The number of alkyl halides is 6. The Morgan fingerprint density at radius 1 is 1.08 bits per heavy atom. The van der Waals surface area contributed by atoms with E-state index in [2.05, 4.69) is 20.1 Å². The van der Waals surface area contributed by atoms with Crippen LogP contribution in [0.2, 0.25) is 0 Å². The second-order valence-corrected chi connectivity index (χ2v) is 9.66. The number of aryl methyl sites for hydroxylation is 1. The lowest BCUT2D eigenvalue weighted by molar-refractivity contribution is -0.308. The van der Waals surface area contributed by atoms with Crippen LogP contribution < -0.4 is 5.32 Å². The number of hydrogen-bond donors (Lipinski definition) is 1. The molecule has 2 unspecified atom stereocenters. The van der Waals surface area contributed by atoms with Crippen molar-refractivity contribution in [3.8, 4) is 0 Å². The molecule has 0 aliphatic carbocycles. The van der Waals surface area contributed by atoms with E-state index in [1.54, 1.807) is 10.9 Å². The first kappa shape index (κ1) is 27.5. The molecule has 0 saturated carbocycles. The summed E-state index contributed by atoms with van der Waals surface area (Å²) in [5.41, 5.74) is 1.18. The fourth-order valence-corrected chi connectivity index (χ4v) is 5.24. The Morgan fingerprint density at radius 2 is 1.68 bits per heavy atom. The Kier molecular flexibility index (Phi) is 7.93. The van der Waals surface area contributed by atoms with E-state index in [0.717, 1.165) is 23.3 Å². The van der Waals surface area contributed by atoms with Crippen molar-refractivity contribution in [2.24, 2.45) is 11.8 Å². The first-order chi connectivity index (χ1) is 17.4. The highest BCUT2D eigenvalue weighted by Gasteiger charge is 2.60. The number of aromatic nitrogens is 2. The van der Waals surface area contributed by atoms with Crippen molar-refractivity contribution in [2.75, 3.05) is 39.4 Å². The monoisotopic (exact) mass is 541 g/mol. The van der Waals surface area contributed by atoms with Crippen LogP contribution in [0.5, 0.6) is 0 Å². The molecule has 15 heteroatoms. The van der Waals surface area contributed by atoms with Gasteiger partial charge in [-0.3, -0.25) is 14.4 Å². The summed E-state index contributed by atoms with van der Waals surface area (Å²) in [6, 6.07) is 0.0143. The molecule has 0 radical (unpaired) electrons. The fourth-order valence-electron chi connectivity index (χ4n) is 5.24. The molecule has 2 amide bonds. The second-order valence-electron chi connectivity index (χ2n) is 9.66. The number of rotatable bonds is 6. The van der Waals surface area contributed by atoms with E-state index < -0.39 is 24.5 Å². The number of halogens is 6. The zero-order valence-corrected chi connectivity index (χ0v) is 20.1. The Labute approximate surface area is 209 Å². The highest BCUT2D eigenvalue weighted by atomic mass is 19.4. The van der Waals surface area contributed by atoms with Gasteiger partial charge in [0.05, 0.1) is 6.20 Å². The smallest absolute Gasteiger partial charge is 0.426 e. The number of fused-ring (bicyclic) bond motifs is 1. The molecule has 3 fully saturated rings. The molecule has 0 bridgehead atoms. The van der Waals surface area contributed by atoms with Gasteiger partial charge in [-0.05, 0) is 31.6 Å². The highest BCUT2D eigenvalue weighted by Crippen LogP contribution is 2.37. The molecule has 4 rings (SSSR count). The summed E-state index contributed by atoms with van der Waals surface area (Å²) in [5, 5.41) is 7.36. The highest BCUT2D eigenvalue weighted by molar-refractivity contribution is 5.94. The summed E-state index contributed by atoms with van der Waals surface area (Å²) in [6.45, 7) is 4.86. The van der Waals surface area contributed by atoms with Crippen molar-refractivity contribution >= 4 is 12.0 Å². The number of ether oxygens (including phenoxy) is 2. The quantitative estimate of drug-likeness (QED) is 0.558. The third kappa shape index (κ3) is 6.30. The summed E-state index contributed by atoms with van der Waals surface area (Å²) in [6.07, 6.45) is -14.2. The maximum Gasteiger partial charge on any atom is 0.434 e. The zero-order chi connectivity index (χ0) is 27.0. The van der Waals surface area contributed by atoms with Crippen LogP contribution in [0, 0.1) is 11.8 Å². The van der Waals surface area contributed by atoms with Gasteiger partial charge in [0.15, 0.2) is 0 Å². The molecule has 208 valence electrons. The van der Waals surface area contributed by atoms with Crippen LogP contribution in [-0.4, -0.2) is 95.5 Å². The lowest BCUT2D eigenvalue weighted by atomic mass is 10.0. The van der Waals surface area contributed by atoms with Crippen molar-refractivity contribution in [3.63, 3.8) is 0 Å². The Hall–Kier alpha value is -2.55. The minimum atomic E-state index is -5.75. The molecule has 3 aliphatic rings. The van der Waals surface area contributed by atoms with E-state index in [0.29, 0.717) is 45.1 Å². The van der Waals surface area contributed by atoms with Gasteiger partial charge in [-0.1, -0.05) is 0 Å². The maximum atomic E-state index is 13.0. The standard InChI is InChI=1S/C22H29F6N5O4/c1-2-33-17(18(34)30-16-3-5-36-6-4-16)13(7-29-33)8-31-9-14-11-32(12-15(14)10-31)20(35)37-19(21(23,24)25)22(26,27)28/h7,14-16,19H,2-6,8-12H2,1H3,(H,30,34). The van der Waals surface area contributed by atoms with Gasteiger partial charge in [-0.15, -0.1) is 0 Å². The van der Waals surface area contributed by atoms with Crippen LogP contribution in [0.1, 0.15) is 35.8 Å². The van der Waals surface area contributed by atoms with Crippen LogP contribution >= 0.6 is 0 Å². The molecule has 3 aliphatic heterocycles. The van der Waals surface area contributed by atoms with Gasteiger partial charge in [0, 0.05) is 64.1 Å². The summed E-state index contributed by atoms with van der Waals surface area (Å²) >= 11 is 0. The molecule has 9 nitrogen and oxygen atoms in total. The van der Waals surface area contributed by atoms with Gasteiger partial charge in [-0.25, -0.2) is 4.79 Å². The fraction of sp³-hybridized carbons (Fsp3) is 0.773. The number of nitrogens with zero attached hydrogens (tertiary/aromatic N) is 4. The van der Waals surface area contributed by atoms with Crippen LogP contribution in [0.3, 0.4) is 0 Å². The van der Waals surface area contributed by atoms with Gasteiger partial charge < -0.3 is 19.7 Å². The van der Waals surface area contributed by atoms with Crippen LogP contribution in [0.4, 0.5) is 31.1 Å². The minimum Gasteiger partial charge on any atom is -0.426 e. The summed E-state index contributed by atoms with van der Waals surface area (Å²) in [4.78, 5) is 28.1. The number of amides is 2. The van der Waals surface area contributed by atoms with E-state index in [1.807, 2.05) is 6.92 Å². The third-order valence-electron chi connectivity index (χ3n) is 7.01. The molecule has 4 heterocycles. The van der Waals surface area contributed by atoms with Gasteiger partial charge in [0.25, 0.3) is 12.0 Å². The first-order valence-electron chi connectivity index (χ1n) is 12.1. The largest absolute Gasteiger partial charge is 0.434 e. The van der Waals surface area contributed by atoms with Crippen molar-refractivity contribution < 1.29 is 45.4 Å². The number of likely N-dealkylation sites (tertiary alicyclic amines) is 2. The maximum absolute atomic E-state index is 13.0. The molecule has 0 spiro atoms. The number of carbonyl (C=O) groups excluding carboxylic acids is 2. The number of nitrogens with one attached hydrogen (secondary N) is 1. The van der Waals surface area contributed by atoms with E-state index in [1.165, 1.54) is 0 Å². The van der Waals surface area contributed by atoms with E-state index in [4.69, 9.17) is 4.74 Å². The van der Waals surface area contributed by atoms with E-state index >= 15 is 0 Å². The Morgan fingerprint density at radius 3 is 2.22 bits per heavy atom. The minimum absolute atomic E-state index is 0.00620. The van der Waals surface area contributed by atoms with Crippen molar-refractivity contribution in [1.29, 1.82) is 0 Å². The molecule has 1 aromatic rings. The van der Waals surface area contributed by atoms with Gasteiger partial charge in [-0.2, -0.15) is 31.4 Å². The molecule has 37 heavy (non-hydrogen) atoms. The van der Waals surface area contributed by atoms with Crippen LogP contribution in [-0.2, 0) is 22.6 Å². The second kappa shape index (κ2) is 10.7. The average Bonchev–Trinajstić information content (AvgIpc) is 3.49. The van der Waals surface area contributed by atoms with Crippen LogP contribution in [0.25, 0.3) is 0 Å². The molecule has 3 saturated heterocycles. The van der Waals surface area contributed by atoms with Crippen LogP contribution in [0.15, 0.2) is 6.20 Å². The molecule has 1 aromatic heterocycles. The van der Waals surface area contributed by atoms with Crippen molar-refractivity contribution in [1.82, 2.24) is 24.9 Å². The Bertz CT molecular complexity index is 950. The molecular formula is C22H29F6N5O4. The third-order valence-corrected chi connectivity index (χ3v) is 7.01. The van der Waals surface area contributed by atoms with Gasteiger partial charge in [0.2, 0.25) is 0 Å². The summed E-state index contributed by atoms with van der Waals surface area (Å²) in [7, 11) is 0. The average molecular weight is 541 g/mol. The topological polar surface area (TPSA) is 88.9 Å². The van der Waals surface area contributed by atoms with Gasteiger partial charge in [0.1, 0.15) is 5.69 Å². The predicted octanol–water partition coefficient (Wildman–Crippen LogP) is 2.81. The van der Waals surface area contributed by atoms with Crippen molar-refractivity contribution in [3.05, 3.63) is 17.5 Å². The van der Waals surface area contributed by atoms with Gasteiger partial charge >= 0.3 is 18.4 Å². The predicted molar refractivity (Wildman–Crippen MR) is 115 cm³/mol. The zero-order valence-electron chi connectivity index (χ0n) is 20.1. The van der Waals surface area contributed by atoms with Crippen molar-refractivity contribution in [2.45, 2.75) is 57.4 Å². The molecular weight excluding hydrogens is 512 g/mol. The normalized spacial score (nSPS) is 23.5. The SMILES string of the molecule is CCn1ncc(CN2CC3CN(C(=O)OC(C(F)(F)F)C(F)(F)F)CC3C2)c1C(=O)NC1CCOCC1. The summed E-state index contributed by atoms with van der Waals surface area (Å²) < 4.78 is 87.2. The summed E-state index contributed by atoms with van der Waals surface area (Å²) in [5.74, 6) is -0.495.